The molecule has 17 heavy (non-hydrogen) atoms. The quantitative estimate of drug-likeness (QED) is 0.761. The van der Waals surface area contributed by atoms with Crippen LogP contribution in [0.2, 0.25) is 0 Å². The molecular weight excluding hydrogens is 210 g/mol. The van der Waals surface area contributed by atoms with Crippen molar-refractivity contribution in [3.8, 4) is 0 Å². The first-order chi connectivity index (χ1) is 8.18. The highest BCUT2D eigenvalue weighted by Crippen LogP contribution is 2.34. The number of likely N-dealkylation sites (N-methyl/N-ethyl adjacent to an activating group) is 1. The number of nitrogens with two attached hydrogens (primary N) is 1. The van der Waals surface area contributed by atoms with E-state index in [0.717, 1.165) is 12.6 Å². The number of hydrogen-bond donors (Lipinski definition) is 1. The summed E-state index contributed by atoms with van der Waals surface area (Å²) >= 11 is 0. The molecule has 1 saturated heterocycles. The summed E-state index contributed by atoms with van der Waals surface area (Å²) in [4.78, 5) is 5.09. The Morgan fingerprint density at radius 1 is 1.18 bits per heavy atom. The Labute approximate surface area is 106 Å². The number of likely N-dealkylation sites (tertiary alicyclic amines) is 1. The molecule has 1 aliphatic heterocycles. The summed E-state index contributed by atoms with van der Waals surface area (Å²) in [6.07, 6.45) is 9.53. The van der Waals surface area contributed by atoms with Gasteiger partial charge in [0.15, 0.2) is 0 Å². The molecule has 3 heteroatoms. The van der Waals surface area contributed by atoms with Gasteiger partial charge in [0, 0.05) is 31.2 Å². The Hall–Kier alpha value is -0.120. The first kappa shape index (κ1) is 13.3. The molecule has 1 heterocycles. The van der Waals surface area contributed by atoms with Crippen LogP contribution in [0.1, 0.15) is 44.9 Å². The molecule has 0 spiro atoms. The predicted octanol–water partition coefficient (Wildman–Crippen LogP) is 1.67. The molecule has 3 nitrogen and oxygen atoms in total. The van der Waals surface area contributed by atoms with Crippen LogP contribution in [0.4, 0.5) is 0 Å². The van der Waals surface area contributed by atoms with Crippen LogP contribution in [0.15, 0.2) is 0 Å². The molecule has 2 N–H and O–H groups in total. The third-order valence-electron chi connectivity index (χ3n) is 4.98. The van der Waals surface area contributed by atoms with E-state index in [0.29, 0.717) is 5.54 Å². The monoisotopic (exact) mass is 239 g/mol. The van der Waals surface area contributed by atoms with Gasteiger partial charge in [-0.1, -0.05) is 25.7 Å². The van der Waals surface area contributed by atoms with Crippen LogP contribution < -0.4 is 5.73 Å². The third kappa shape index (κ3) is 2.83. The Kier molecular flexibility index (Phi) is 4.45. The Morgan fingerprint density at radius 3 is 2.29 bits per heavy atom. The normalized spacial score (nSPS) is 30.7. The van der Waals surface area contributed by atoms with Crippen molar-refractivity contribution in [3.05, 3.63) is 0 Å². The Morgan fingerprint density at radius 2 is 1.82 bits per heavy atom. The summed E-state index contributed by atoms with van der Waals surface area (Å²) < 4.78 is 0. The second-order valence-corrected chi connectivity index (χ2v) is 6.19. The van der Waals surface area contributed by atoms with Gasteiger partial charge in [-0.2, -0.15) is 0 Å². The van der Waals surface area contributed by atoms with Crippen molar-refractivity contribution >= 4 is 0 Å². The van der Waals surface area contributed by atoms with E-state index in [-0.39, 0.29) is 0 Å². The topological polar surface area (TPSA) is 32.5 Å². The Bertz CT molecular complexity index is 232. The van der Waals surface area contributed by atoms with Gasteiger partial charge in [0.25, 0.3) is 0 Å². The fourth-order valence-corrected chi connectivity index (χ4v) is 3.63. The van der Waals surface area contributed by atoms with Crippen molar-refractivity contribution in [2.24, 2.45) is 5.73 Å². The van der Waals surface area contributed by atoms with Crippen LogP contribution >= 0.6 is 0 Å². The summed E-state index contributed by atoms with van der Waals surface area (Å²) in [6.45, 7) is 3.33. The minimum absolute atomic E-state index is 0.335. The van der Waals surface area contributed by atoms with E-state index in [1.807, 2.05) is 0 Å². The Balaban J connectivity index is 2.02. The molecule has 100 valence electrons. The van der Waals surface area contributed by atoms with Crippen molar-refractivity contribution in [1.82, 2.24) is 9.80 Å². The molecule has 0 amide bonds. The molecule has 0 aromatic heterocycles. The lowest BCUT2D eigenvalue weighted by Crippen LogP contribution is -2.53. The second-order valence-electron chi connectivity index (χ2n) is 6.19. The van der Waals surface area contributed by atoms with Crippen molar-refractivity contribution in [2.45, 2.75) is 56.5 Å². The maximum absolute atomic E-state index is 6.15. The first-order valence-electron chi connectivity index (χ1n) is 7.29. The van der Waals surface area contributed by atoms with Crippen molar-refractivity contribution in [3.63, 3.8) is 0 Å². The highest BCUT2D eigenvalue weighted by molar-refractivity contribution is 4.97. The molecule has 0 aromatic rings. The summed E-state index contributed by atoms with van der Waals surface area (Å²) in [5, 5.41) is 0. The molecule has 1 unspecified atom stereocenters. The zero-order valence-corrected chi connectivity index (χ0v) is 11.6. The fourth-order valence-electron chi connectivity index (χ4n) is 3.63. The van der Waals surface area contributed by atoms with Gasteiger partial charge >= 0.3 is 0 Å². The molecule has 0 radical (unpaired) electrons. The summed E-state index contributed by atoms with van der Waals surface area (Å²) in [5.41, 5.74) is 6.49. The van der Waals surface area contributed by atoms with E-state index in [9.17, 15) is 0 Å². The van der Waals surface area contributed by atoms with Crippen molar-refractivity contribution in [1.29, 1.82) is 0 Å². The highest BCUT2D eigenvalue weighted by atomic mass is 15.3. The minimum atomic E-state index is 0.335. The molecule has 1 aliphatic carbocycles. The lowest BCUT2D eigenvalue weighted by atomic mass is 9.88. The summed E-state index contributed by atoms with van der Waals surface area (Å²) in [5.74, 6) is 0. The van der Waals surface area contributed by atoms with Crippen LogP contribution in [0.25, 0.3) is 0 Å². The molecule has 0 aromatic carbocycles. The highest BCUT2D eigenvalue weighted by Gasteiger charge is 2.39. The van der Waals surface area contributed by atoms with Gasteiger partial charge in [0.05, 0.1) is 0 Å². The van der Waals surface area contributed by atoms with E-state index in [2.05, 4.69) is 23.9 Å². The van der Waals surface area contributed by atoms with Gasteiger partial charge < -0.3 is 10.6 Å². The van der Waals surface area contributed by atoms with Gasteiger partial charge in [-0.15, -0.1) is 0 Å². The number of nitrogens with zero attached hydrogens (tertiary/aromatic N) is 2. The fraction of sp³-hybridized carbons (Fsp3) is 1.00. The SMILES string of the molecule is CN(C)C1CCN(C2(CN)CCCCCC2)C1. The van der Waals surface area contributed by atoms with E-state index in [1.165, 1.54) is 58.0 Å². The minimum Gasteiger partial charge on any atom is -0.329 e. The van der Waals surface area contributed by atoms with Crippen LogP contribution in [0.5, 0.6) is 0 Å². The van der Waals surface area contributed by atoms with Crippen LogP contribution in [0, 0.1) is 0 Å². The van der Waals surface area contributed by atoms with E-state index in [1.54, 1.807) is 0 Å². The average molecular weight is 239 g/mol. The largest absolute Gasteiger partial charge is 0.329 e. The molecule has 1 saturated carbocycles. The van der Waals surface area contributed by atoms with E-state index in [4.69, 9.17) is 5.73 Å². The maximum atomic E-state index is 6.15. The van der Waals surface area contributed by atoms with Crippen LogP contribution in [-0.4, -0.2) is 55.1 Å². The van der Waals surface area contributed by atoms with Gasteiger partial charge in [-0.05, 0) is 33.4 Å². The first-order valence-corrected chi connectivity index (χ1v) is 7.29. The number of hydrogen-bond acceptors (Lipinski definition) is 3. The molecule has 0 bridgehead atoms. The van der Waals surface area contributed by atoms with Gasteiger partial charge in [-0.25, -0.2) is 0 Å². The smallest absolute Gasteiger partial charge is 0.0332 e. The third-order valence-corrected chi connectivity index (χ3v) is 4.98. The predicted molar refractivity (Wildman–Crippen MR) is 73.2 cm³/mol. The van der Waals surface area contributed by atoms with Crippen LogP contribution in [-0.2, 0) is 0 Å². The second kappa shape index (κ2) is 5.68. The van der Waals surface area contributed by atoms with Crippen molar-refractivity contribution < 1.29 is 0 Å². The zero-order chi connectivity index (χ0) is 12.3. The summed E-state index contributed by atoms with van der Waals surface area (Å²) in [7, 11) is 4.41. The standard InChI is InChI=1S/C14H29N3/c1-16(2)13-7-10-17(11-13)14(12-15)8-5-3-4-6-9-14/h13H,3-12,15H2,1-2H3. The molecule has 2 aliphatic rings. The van der Waals surface area contributed by atoms with Gasteiger partial charge in [0.2, 0.25) is 0 Å². The summed E-state index contributed by atoms with van der Waals surface area (Å²) in [6, 6.07) is 0.738. The van der Waals surface area contributed by atoms with Crippen molar-refractivity contribution in [2.75, 3.05) is 33.7 Å². The lowest BCUT2D eigenvalue weighted by molar-refractivity contribution is 0.0970. The molecular formula is C14H29N3. The molecule has 1 atom stereocenters. The van der Waals surface area contributed by atoms with E-state index >= 15 is 0 Å². The average Bonchev–Trinajstić information content (AvgIpc) is 2.70. The lowest BCUT2D eigenvalue weighted by Gasteiger charge is -2.41. The zero-order valence-electron chi connectivity index (χ0n) is 11.6. The molecule has 2 rings (SSSR count). The van der Waals surface area contributed by atoms with E-state index < -0.39 is 0 Å². The number of rotatable bonds is 3. The molecule has 2 fully saturated rings. The maximum Gasteiger partial charge on any atom is 0.0332 e. The van der Waals surface area contributed by atoms with Crippen LogP contribution in [0.3, 0.4) is 0 Å². The van der Waals surface area contributed by atoms with Gasteiger partial charge in [-0.3, -0.25) is 4.90 Å². The van der Waals surface area contributed by atoms with Gasteiger partial charge in [0.1, 0.15) is 0 Å².